The number of rotatable bonds is 4. The lowest BCUT2D eigenvalue weighted by atomic mass is 10.0. The van der Waals surface area contributed by atoms with Crippen molar-refractivity contribution in [3.05, 3.63) is 34.4 Å². The van der Waals surface area contributed by atoms with Gasteiger partial charge in [-0.15, -0.1) is 0 Å². The van der Waals surface area contributed by atoms with Gasteiger partial charge in [-0.05, 0) is 46.5 Å². The molecule has 1 aromatic carbocycles. The van der Waals surface area contributed by atoms with E-state index in [1.54, 1.807) is 6.07 Å². The van der Waals surface area contributed by atoms with Gasteiger partial charge < -0.3 is 10.3 Å². The molecule has 4 nitrogen and oxygen atoms in total. The lowest BCUT2D eigenvalue weighted by Gasteiger charge is -2.08. The first-order valence-electron chi connectivity index (χ1n) is 6.02. The van der Waals surface area contributed by atoms with Gasteiger partial charge in [-0.25, -0.2) is 4.39 Å². The molecule has 0 bridgehead atoms. The average molecular weight is 328 g/mol. The molecule has 102 valence electrons. The Balaban J connectivity index is 2.25. The van der Waals surface area contributed by atoms with E-state index >= 15 is 0 Å². The largest absolute Gasteiger partial charge is 0.337 e. The molecular formula is C13H15BrFN3O. The minimum Gasteiger partial charge on any atom is -0.337 e. The predicted octanol–water partition coefficient (Wildman–Crippen LogP) is 3.68. The highest BCUT2D eigenvalue weighted by Gasteiger charge is 2.18. The molecule has 2 rings (SSSR count). The first-order valence-corrected chi connectivity index (χ1v) is 6.81. The van der Waals surface area contributed by atoms with Crippen molar-refractivity contribution in [2.24, 2.45) is 11.7 Å². The van der Waals surface area contributed by atoms with Gasteiger partial charge in [-0.2, -0.15) is 4.98 Å². The monoisotopic (exact) mass is 327 g/mol. The molecule has 2 aromatic rings. The molecule has 0 saturated carbocycles. The fraction of sp³-hybridized carbons (Fsp3) is 0.385. The van der Waals surface area contributed by atoms with Crippen LogP contribution in [0.25, 0.3) is 11.4 Å². The topological polar surface area (TPSA) is 64.9 Å². The summed E-state index contributed by atoms with van der Waals surface area (Å²) in [6, 6.07) is 4.03. The summed E-state index contributed by atoms with van der Waals surface area (Å²) in [4.78, 5) is 4.27. The predicted molar refractivity (Wildman–Crippen MR) is 73.8 cm³/mol. The molecule has 19 heavy (non-hydrogen) atoms. The Kier molecular flexibility index (Phi) is 4.31. The Bertz CT molecular complexity index is 571. The first kappa shape index (κ1) is 14.1. The molecule has 0 aliphatic carbocycles. The zero-order valence-corrected chi connectivity index (χ0v) is 12.3. The number of nitrogens with two attached hydrogens (primary N) is 1. The summed E-state index contributed by atoms with van der Waals surface area (Å²) in [5, 5.41) is 3.89. The fourth-order valence-electron chi connectivity index (χ4n) is 1.77. The highest BCUT2D eigenvalue weighted by molar-refractivity contribution is 9.10. The molecular weight excluding hydrogens is 313 g/mol. The van der Waals surface area contributed by atoms with E-state index in [9.17, 15) is 4.39 Å². The normalized spacial score (nSPS) is 12.9. The second-order valence-electron chi connectivity index (χ2n) is 4.82. The van der Waals surface area contributed by atoms with Crippen LogP contribution in [0.15, 0.2) is 27.2 Å². The second-order valence-corrected chi connectivity index (χ2v) is 5.67. The summed E-state index contributed by atoms with van der Waals surface area (Å²) in [7, 11) is 0. The molecule has 0 fully saturated rings. The summed E-state index contributed by atoms with van der Waals surface area (Å²) >= 11 is 3.28. The molecule has 0 amide bonds. The SMILES string of the molecule is CC(C)C[C@H](N)c1nc(-c2ccc(F)cc2Br)no1. The van der Waals surface area contributed by atoms with Crippen molar-refractivity contribution >= 4 is 15.9 Å². The van der Waals surface area contributed by atoms with Crippen LogP contribution in [0.3, 0.4) is 0 Å². The maximum atomic E-state index is 13.0. The molecule has 1 atom stereocenters. The molecule has 0 aliphatic rings. The number of halogens is 2. The van der Waals surface area contributed by atoms with E-state index in [-0.39, 0.29) is 11.9 Å². The number of hydrogen-bond donors (Lipinski definition) is 1. The summed E-state index contributed by atoms with van der Waals surface area (Å²) in [6.45, 7) is 4.15. The Morgan fingerprint density at radius 3 is 2.79 bits per heavy atom. The van der Waals surface area contributed by atoms with Crippen LogP contribution in [0.5, 0.6) is 0 Å². The molecule has 0 aliphatic heterocycles. The van der Waals surface area contributed by atoms with Crippen molar-refractivity contribution in [2.45, 2.75) is 26.3 Å². The quantitative estimate of drug-likeness (QED) is 0.930. The van der Waals surface area contributed by atoms with Gasteiger partial charge in [0.2, 0.25) is 11.7 Å². The van der Waals surface area contributed by atoms with E-state index in [2.05, 4.69) is 39.9 Å². The van der Waals surface area contributed by atoms with Crippen LogP contribution in [-0.4, -0.2) is 10.1 Å². The molecule has 0 saturated heterocycles. The molecule has 1 aromatic heterocycles. The minimum atomic E-state index is -0.323. The second kappa shape index (κ2) is 5.79. The number of hydrogen-bond acceptors (Lipinski definition) is 4. The van der Waals surface area contributed by atoms with Crippen molar-refractivity contribution in [3.8, 4) is 11.4 Å². The van der Waals surface area contributed by atoms with E-state index in [1.165, 1.54) is 12.1 Å². The lowest BCUT2D eigenvalue weighted by Crippen LogP contribution is -2.13. The zero-order chi connectivity index (χ0) is 14.0. The summed E-state index contributed by atoms with van der Waals surface area (Å²) in [6.07, 6.45) is 0.770. The third-order valence-corrected chi connectivity index (χ3v) is 3.31. The van der Waals surface area contributed by atoms with Gasteiger partial charge in [0.05, 0.1) is 6.04 Å². The number of aromatic nitrogens is 2. The van der Waals surface area contributed by atoms with Gasteiger partial charge in [0, 0.05) is 10.0 Å². The third kappa shape index (κ3) is 3.39. The average Bonchev–Trinajstić information content (AvgIpc) is 2.77. The summed E-state index contributed by atoms with van der Waals surface area (Å²) in [5.74, 6) is 0.930. The van der Waals surface area contributed by atoms with Crippen molar-refractivity contribution in [1.29, 1.82) is 0 Å². The minimum absolute atomic E-state index is 0.277. The zero-order valence-electron chi connectivity index (χ0n) is 10.7. The summed E-state index contributed by atoms with van der Waals surface area (Å²) < 4.78 is 18.8. The van der Waals surface area contributed by atoms with Crippen LogP contribution in [0.2, 0.25) is 0 Å². The highest BCUT2D eigenvalue weighted by Crippen LogP contribution is 2.28. The van der Waals surface area contributed by atoms with Crippen LogP contribution < -0.4 is 5.73 Å². The van der Waals surface area contributed by atoms with Crippen LogP contribution >= 0.6 is 15.9 Å². The van der Waals surface area contributed by atoms with Gasteiger partial charge in [-0.1, -0.05) is 19.0 Å². The van der Waals surface area contributed by atoms with E-state index in [1.807, 2.05) is 0 Å². The van der Waals surface area contributed by atoms with Crippen LogP contribution in [0, 0.1) is 11.7 Å². The standard InChI is InChI=1S/C13H15BrFN3O/c1-7(2)5-11(16)13-17-12(18-19-13)9-4-3-8(15)6-10(9)14/h3-4,6-7,11H,5,16H2,1-2H3/t11-/m0/s1. The smallest absolute Gasteiger partial charge is 0.243 e. The van der Waals surface area contributed by atoms with Gasteiger partial charge in [-0.3, -0.25) is 0 Å². The Hall–Kier alpha value is -1.27. The third-order valence-electron chi connectivity index (χ3n) is 2.66. The van der Waals surface area contributed by atoms with E-state index in [4.69, 9.17) is 10.3 Å². The molecule has 1 heterocycles. The Labute approximate surface area is 119 Å². The van der Waals surface area contributed by atoms with Crippen molar-refractivity contribution in [1.82, 2.24) is 10.1 Å². The molecule has 2 N–H and O–H groups in total. The maximum absolute atomic E-state index is 13.0. The fourth-order valence-corrected chi connectivity index (χ4v) is 2.30. The molecule has 0 spiro atoms. The summed E-state index contributed by atoms with van der Waals surface area (Å²) in [5.41, 5.74) is 6.66. The van der Waals surface area contributed by atoms with E-state index in [0.29, 0.717) is 27.7 Å². The van der Waals surface area contributed by atoms with Crippen molar-refractivity contribution in [3.63, 3.8) is 0 Å². The molecule has 6 heteroatoms. The van der Waals surface area contributed by atoms with Crippen molar-refractivity contribution in [2.75, 3.05) is 0 Å². The van der Waals surface area contributed by atoms with Gasteiger partial charge in [0.1, 0.15) is 5.82 Å². The number of nitrogens with zero attached hydrogens (tertiary/aromatic N) is 2. The van der Waals surface area contributed by atoms with Gasteiger partial charge in [0.15, 0.2) is 0 Å². The first-order chi connectivity index (χ1) is 8.97. The van der Waals surface area contributed by atoms with E-state index in [0.717, 1.165) is 6.42 Å². The van der Waals surface area contributed by atoms with Crippen LogP contribution in [0.1, 0.15) is 32.2 Å². The molecule has 0 radical (unpaired) electrons. The van der Waals surface area contributed by atoms with Gasteiger partial charge >= 0.3 is 0 Å². The molecule has 0 unspecified atom stereocenters. The Morgan fingerprint density at radius 1 is 1.42 bits per heavy atom. The highest BCUT2D eigenvalue weighted by atomic mass is 79.9. The Morgan fingerprint density at radius 2 is 2.16 bits per heavy atom. The van der Waals surface area contributed by atoms with Crippen LogP contribution in [-0.2, 0) is 0 Å². The van der Waals surface area contributed by atoms with Crippen molar-refractivity contribution < 1.29 is 8.91 Å². The lowest BCUT2D eigenvalue weighted by molar-refractivity contribution is 0.335. The number of benzene rings is 1. The van der Waals surface area contributed by atoms with Crippen LogP contribution in [0.4, 0.5) is 4.39 Å². The van der Waals surface area contributed by atoms with E-state index < -0.39 is 0 Å². The van der Waals surface area contributed by atoms with Gasteiger partial charge in [0.25, 0.3) is 0 Å². The maximum Gasteiger partial charge on any atom is 0.243 e.